The molecule has 0 aliphatic heterocycles. The maximum atomic E-state index is 3.65. The van der Waals surface area contributed by atoms with E-state index in [1.807, 2.05) is 6.92 Å². The van der Waals surface area contributed by atoms with Crippen LogP contribution in [0.25, 0.3) is 0 Å². The van der Waals surface area contributed by atoms with Gasteiger partial charge in [0.25, 0.3) is 0 Å². The zero-order valence-electron chi connectivity index (χ0n) is 4.95. The van der Waals surface area contributed by atoms with Crippen molar-refractivity contribution in [1.82, 2.24) is 5.32 Å². The van der Waals surface area contributed by atoms with Gasteiger partial charge in [-0.3, -0.25) is 0 Å². The largest absolute Gasteiger partial charge is 0.373 e. The van der Waals surface area contributed by atoms with E-state index in [1.165, 1.54) is 0 Å². The Hall–Kier alpha value is -0.240. The second kappa shape index (κ2) is 3.72. The van der Waals surface area contributed by atoms with Crippen molar-refractivity contribution in [2.45, 2.75) is 11.9 Å². The molecule has 0 aliphatic carbocycles. The number of nitrogens with one attached hydrogen (secondary N) is 1. The lowest BCUT2D eigenvalue weighted by molar-refractivity contribution is 0.839. The lowest BCUT2D eigenvalue weighted by atomic mass is 10.5. The van der Waals surface area contributed by atoms with E-state index >= 15 is 0 Å². The molecule has 0 radical (unpaired) electrons. The summed E-state index contributed by atoms with van der Waals surface area (Å²) in [6.07, 6.45) is 1.68. The number of allylic oxidation sites excluding steroid dienone is 1. The standard InChI is InChI=1S/C6H10BrN/c1-4-5(2)8-6(3)7/h4,6,8H,1-2H2,3H3. The molecule has 0 fully saturated rings. The van der Waals surface area contributed by atoms with Crippen LogP contribution in [0.15, 0.2) is 24.9 Å². The summed E-state index contributed by atoms with van der Waals surface area (Å²) in [5, 5.41) is 3.00. The van der Waals surface area contributed by atoms with Crippen molar-refractivity contribution in [3.8, 4) is 0 Å². The first-order valence-electron chi connectivity index (χ1n) is 2.38. The van der Waals surface area contributed by atoms with Gasteiger partial charge in [-0.25, -0.2) is 0 Å². The van der Waals surface area contributed by atoms with Crippen LogP contribution in [-0.4, -0.2) is 4.95 Å². The molecule has 8 heavy (non-hydrogen) atoms. The van der Waals surface area contributed by atoms with Gasteiger partial charge >= 0.3 is 0 Å². The van der Waals surface area contributed by atoms with Gasteiger partial charge in [-0.1, -0.05) is 29.1 Å². The van der Waals surface area contributed by atoms with Gasteiger partial charge in [0, 0.05) is 5.70 Å². The van der Waals surface area contributed by atoms with Gasteiger partial charge in [0.05, 0.1) is 4.95 Å². The molecule has 1 N–H and O–H groups in total. The Morgan fingerprint density at radius 2 is 2.38 bits per heavy atom. The van der Waals surface area contributed by atoms with Gasteiger partial charge in [0.1, 0.15) is 0 Å². The van der Waals surface area contributed by atoms with Crippen molar-refractivity contribution in [2.24, 2.45) is 0 Å². The fourth-order valence-corrected chi connectivity index (χ4v) is 0.608. The van der Waals surface area contributed by atoms with Gasteiger partial charge in [-0.15, -0.1) is 0 Å². The molecule has 0 saturated heterocycles. The molecule has 0 amide bonds. The lowest BCUT2D eigenvalue weighted by Crippen LogP contribution is -2.16. The zero-order chi connectivity index (χ0) is 6.57. The van der Waals surface area contributed by atoms with Gasteiger partial charge in [-0.05, 0) is 13.0 Å². The molecule has 0 aromatic carbocycles. The highest BCUT2D eigenvalue weighted by Gasteiger charge is 1.89. The van der Waals surface area contributed by atoms with Gasteiger partial charge in [0.15, 0.2) is 0 Å². The summed E-state index contributed by atoms with van der Waals surface area (Å²) in [5.41, 5.74) is 0.842. The molecule has 0 aromatic heterocycles. The summed E-state index contributed by atoms with van der Waals surface area (Å²) in [5.74, 6) is 0. The highest BCUT2D eigenvalue weighted by Crippen LogP contribution is 1.95. The average Bonchev–Trinajstić information content (AvgIpc) is 1.65. The van der Waals surface area contributed by atoms with Crippen LogP contribution in [0, 0.1) is 0 Å². The Morgan fingerprint density at radius 1 is 1.88 bits per heavy atom. The van der Waals surface area contributed by atoms with Crippen LogP contribution in [0.3, 0.4) is 0 Å². The summed E-state index contributed by atoms with van der Waals surface area (Å²) in [4.78, 5) is 0.271. The summed E-state index contributed by atoms with van der Waals surface area (Å²) >= 11 is 3.30. The molecule has 0 bridgehead atoms. The third kappa shape index (κ3) is 3.93. The van der Waals surface area contributed by atoms with Crippen molar-refractivity contribution in [3.63, 3.8) is 0 Å². The maximum absolute atomic E-state index is 3.65. The maximum Gasteiger partial charge on any atom is 0.0789 e. The van der Waals surface area contributed by atoms with Crippen molar-refractivity contribution in [3.05, 3.63) is 24.9 Å². The Kier molecular flexibility index (Phi) is 3.61. The molecule has 2 heteroatoms. The van der Waals surface area contributed by atoms with Crippen molar-refractivity contribution < 1.29 is 0 Å². The van der Waals surface area contributed by atoms with Gasteiger partial charge in [0.2, 0.25) is 0 Å². The van der Waals surface area contributed by atoms with Crippen molar-refractivity contribution in [1.29, 1.82) is 0 Å². The molecule has 46 valence electrons. The van der Waals surface area contributed by atoms with Crippen LogP contribution in [0.1, 0.15) is 6.92 Å². The minimum atomic E-state index is 0.271. The van der Waals surface area contributed by atoms with Crippen LogP contribution < -0.4 is 5.32 Å². The first-order valence-corrected chi connectivity index (χ1v) is 3.30. The first-order chi connectivity index (χ1) is 3.66. The second-order valence-electron chi connectivity index (χ2n) is 1.49. The molecular weight excluding hydrogens is 166 g/mol. The SMILES string of the molecule is C=CC(=C)NC(C)Br. The predicted molar refractivity (Wildman–Crippen MR) is 40.9 cm³/mol. The smallest absolute Gasteiger partial charge is 0.0789 e. The summed E-state index contributed by atoms with van der Waals surface area (Å²) in [7, 11) is 0. The minimum Gasteiger partial charge on any atom is -0.373 e. The normalized spacial score (nSPS) is 12.2. The van der Waals surface area contributed by atoms with E-state index in [1.54, 1.807) is 6.08 Å². The first kappa shape index (κ1) is 7.76. The van der Waals surface area contributed by atoms with Crippen molar-refractivity contribution in [2.75, 3.05) is 0 Å². The summed E-state index contributed by atoms with van der Waals surface area (Å²) < 4.78 is 0. The Morgan fingerprint density at radius 3 is 2.50 bits per heavy atom. The number of alkyl halides is 1. The zero-order valence-corrected chi connectivity index (χ0v) is 6.53. The molecule has 0 heterocycles. The monoisotopic (exact) mass is 175 g/mol. The van der Waals surface area contributed by atoms with Gasteiger partial charge in [-0.2, -0.15) is 0 Å². The third-order valence-electron chi connectivity index (χ3n) is 0.631. The molecule has 1 atom stereocenters. The van der Waals surface area contributed by atoms with E-state index in [0.717, 1.165) is 5.70 Å². The molecular formula is C6H10BrN. The number of hydrogen-bond donors (Lipinski definition) is 1. The van der Waals surface area contributed by atoms with Gasteiger partial charge < -0.3 is 5.32 Å². The molecule has 0 saturated carbocycles. The van der Waals surface area contributed by atoms with Crippen molar-refractivity contribution >= 4 is 15.9 Å². The quantitative estimate of drug-likeness (QED) is 0.394. The lowest BCUT2D eigenvalue weighted by Gasteiger charge is -2.05. The topological polar surface area (TPSA) is 12.0 Å². The molecule has 1 unspecified atom stereocenters. The Labute approximate surface area is 58.6 Å². The predicted octanol–water partition coefficient (Wildman–Crippen LogP) is 2.02. The minimum absolute atomic E-state index is 0.271. The Bertz CT molecular complexity index is 96.7. The summed E-state index contributed by atoms with van der Waals surface area (Å²) in [6, 6.07) is 0. The van der Waals surface area contributed by atoms with E-state index in [-0.39, 0.29) is 4.95 Å². The highest BCUT2D eigenvalue weighted by atomic mass is 79.9. The average molecular weight is 176 g/mol. The summed E-state index contributed by atoms with van der Waals surface area (Å²) in [6.45, 7) is 9.17. The van der Waals surface area contributed by atoms with E-state index in [4.69, 9.17) is 0 Å². The fourth-order valence-electron chi connectivity index (χ4n) is 0.314. The molecule has 0 spiro atoms. The highest BCUT2D eigenvalue weighted by molar-refractivity contribution is 9.09. The third-order valence-corrected chi connectivity index (χ3v) is 0.860. The molecule has 0 aromatic rings. The van der Waals surface area contributed by atoms with Crippen LogP contribution in [0.2, 0.25) is 0 Å². The number of rotatable bonds is 3. The Balaban J connectivity index is 3.39. The molecule has 1 nitrogen and oxygen atoms in total. The molecule has 0 aliphatic rings. The van der Waals surface area contributed by atoms with E-state index < -0.39 is 0 Å². The number of hydrogen-bond acceptors (Lipinski definition) is 1. The fraction of sp³-hybridized carbons (Fsp3) is 0.333. The van der Waals surface area contributed by atoms with Crippen LogP contribution in [0.4, 0.5) is 0 Å². The van der Waals surface area contributed by atoms with Crippen LogP contribution >= 0.6 is 15.9 Å². The van der Waals surface area contributed by atoms with Crippen LogP contribution in [0.5, 0.6) is 0 Å². The second-order valence-corrected chi connectivity index (χ2v) is 2.86. The van der Waals surface area contributed by atoms with Crippen LogP contribution in [-0.2, 0) is 0 Å². The van der Waals surface area contributed by atoms with E-state index in [2.05, 4.69) is 34.4 Å². The number of halogens is 1. The molecule has 0 rings (SSSR count). The van der Waals surface area contributed by atoms with E-state index in [9.17, 15) is 0 Å². The van der Waals surface area contributed by atoms with E-state index in [0.29, 0.717) is 0 Å².